The second-order valence-corrected chi connectivity index (χ2v) is 8.67. The van der Waals surface area contributed by atoms with Crippen LogP contribution in [0.15, 0.2) is 107 Å². The van der Waals surface area contributed by atoms with Gasteiger partial charge in [-0.2, -0.15) is 0 Å². The van der Waals surface area contributed by atoms with E-state index in [9.17, 15) is 9.59 Å². The van der Waals surface area contributed by atoms with E-state index in [1.54, 1.807) is 48.5 Å². The molecule has 2 N–H and O–H groups in total. The Hall–Kier alpha value is -3.36. The van der Waals surface area contributed by atoms with Gasteiger partial charge < -0.3 is 10.2 Å². The molecule has 174 valence electrons. The van der Waals surface area contributed by atoms with Crippen molar-refractivity contribution < 1.29 is 19.8 Å². The Morgan fingerprint density at radius 2 is 0.853 bits per heavy atom. The summed E-state index contributed by atoms with van der Waals surface area (Å²) in [5, 5.41) is 16.9. The molecule has 0 bridgehead atoms. The van der Waals surface area contributed by atoms with E-state index < -0.39 is 11.9 Å². The molecule has 0 amide bonds. The maximum Gasteiger partial charge on any atom is 0.335 e. The SMILES string of the molecule is O=C(O)c1ccc(Br)cc1.O=C(O)c1ccc(Br)cc1.c1cc(CCc2ccncc2)ccn1. The van der Waals surface area contributed by atoms with Crippen molar-refractivity contribution in [3.05, 3.63) is 129 Å². The molecule has 0 atom stereocenters. The Balaban J connectivity index is 0.000000185. The molecule has 2 heterocycles. The quantitative estimate of drug-likeness (QED) is 0.275. The second kappa shape index (κ2) is 14.7. The monoisotopic (exact) mass is 584 g/mol. The normalized spacial score (nSPS) is 9.59. The second-order valence-electron chi connectivity index (χ2n) is 6.84. The number of aromatic nitrogens is 2. The lowest BCUT2D eigenvalue weighted by molar-refractivity contribution is 0.0686. The standard InChI is InChI=1S/C12H12N2.2C7H5BrO2/c1(11-3-7-13-8-4-11)2-12-5-9-14-10-6-12;2*8-6-3-1-5(2-4-6)7(9)10/h3-10H,1-2H2;2*1-4H,(H,9,10). The Morgan fingerprint density at radius 3 is 1.12 bits per heavy atom. The van der Waals surface area contributed by atoms with Crippen LogP contribution in [0.2, 0.25) is 0 Å². The van der Waals surface area contributed by atoms with E-state index in [-0.39, 0.29) is 0 Å². The van der Waals surface area contributed by atoms with E-state index in [2.05, 4.69) is 66.1 Å². The third-order valence-corrected chi connectivity index (χ3v) is 5.44. The van der Waals surface area contributed by atoms with Crippen LogP contribution in [0, 0.1) is 0 Å². The molecule has 0 radical (unpaired) electrons. The van der Waals surface area contributed by atoms with Gasteiger partial charge in [-0.25, -0.2) is 9.59 Å². The summed E-state index contributed by atoms with van der Waals surface area (Å²) in [6.07, 6.45) is 9.46. The minimum atomic E-state index is -0.896. The summed E-state index contributed by atoms with van der Waals surface area (Å²) in [6.45, 7) is 0. The van der Waals surface area contributed by atoms with Gasteiger partial charge >= 0.3 is 11.9 Å². The molecule has 0 aliphatic rings. The van der Waals surface area contributed by atoms with Crippen LogP contribution in [0.25, 0.3) is 0 Å². The highest BCUT2D eigenvalue weighted by Gasteiger charge is 2.00. The van der Waals surface area contributed by atoms with E-state index in [1.165, 1.54) is 11.1 Å². The Bertz CT molecular complexity index is 1060. The van der Waals surface area contributed by atoms with Crippen molar-refractivity contribution in [2.45, 2.75) is 12.8 Å². The number of pyridine rings is 2. The molecule has 0 unspecified atom stereocenters. The predicted molar refractivity (Wildman–Crippen MR) is 138 cm³/mol. The summed E-state index contributed by atoms with van der Waals surface area (Å²) in [5.41, 5.74) is 3.28. The van der Waals surface area contributed by atoms with Crippen molar-refractivity contribution in [2.24, 2.45) is 0 Å². The fraction of sp³-hybridized carbons (Fsp3) is 0.0769. The smallest absolute Gasteiger partial charge is 0.335 e. The van der Waals surface area contributed by atoms with Gasteiger partial charge in [0.25, 0.3) is 0 Å². The van der Waals surface area contributed by atoms with Crippen LogP contribution in [0.1, 0.15) is 31.8 Å². The van der Waals surface area contributed by atoms with E-state index in [1.807, 2.05) is 24.8 Å². The molecule has 0 spiro atoms. The lowest BCUT2D eigenvalue weighted by atomic mass is 10.1. The van der Waals surface area contributed by atoms with Crippen LogP contribution < -0.4 is 0 Å². The first-order valence-corrected chi connectivity index (χ1v) is 11.7. The van der Waals surface area contributed by atoms with Crippen LogP contribution in [0.3, 0.4) is 0 Å². The lowest BCUT2D eigenvalue weighted by Crippen LogP contribution is -1.94. The van der Waals surface area contributed by atoms with Gasteiger partial charge in [-0.1, -0.05) is 31.9 Å². The van der Waals surface area contributed by atoms with Crippen molar-refractivity contribution in [1.29, 1.82) is 0 Å². The first kappa shape index (κ1) is 26.9. The van der Waals surface area contributed by atoms with Gasteiger partial charge in [-0.05, 0) is 96.8 Å². The minimum Gasteiger partial charge on any atom is -0.478 e. The average molecular weight is 586 g/mol. The number of nitrogens with zero attached hydrogens (tertiary/aromatic N) is 2. The molecule has 2 aromatic carbocycles. The van der Waals surface area contributed by atoms with Gasteiger partial charge in [0, 0.05) is 33.7 Å². The lowest BCUT2D eigenvalue weighted by Gasteiger charge is -2.00. The fourth-order valence-electron chi connectivity index (χ4n) is 2.57. The summed E-state index contributed by atoms with van der Waals surface area (Å²) in [7, 11) is 0. The van der Waals surface area contributed by atoms with Gasteiger partial charge in [0.2, 0.25) is 0 Å². The molecule has 4 rings (SSSR count). The van der Waals surface area contributed by atoms with Gasteiger partial charge in [0.1, 0.15) is 0 Å². The summed E-state index contributed by atoms with van der Waals surface area (Å²) < 4.78 is 1.77. The minimum absolute atomic E-state index is 0.309. The number of rotatable bonds is 5. The zero-order valence-corrected chi connectivity index (χ0v) is 21.2. The van der Waals surface area contributed by atoms with Crippen LogP contribution >= 0.6 is 31.9 Å². The Kier molecular flexibility index (Phi) is 11.6. The van der Waals surface area contributed by atoms with E-state index in [0.717, 1.165) is 21.8 Å². The van der Waals surface area contributed by atoms with Crippen molar-refractivity contribution in [2.75, 3.05) is 0 Å². The third kappa shape index (κ3) is 10.5. The molecule has 8 heteroatoms. The fourth-order valence-corrected chi connectivity index (χ4v) is 3.10. The molecule has 0 saturated carbocycles. The molecule has 0 fully saturated rings. The van der Waals surface area contributed by atoms with Gasteiger partial charge in [-0.15, -0.1) is 0 Å². The molecular formula is C26H22Br2N2O4. The van der Waals surface area contributed by atoms with Gasteiger partial charge in [0.05, 0.1) is 11.1 Å². The third-order valence-electron chi connectivity index (χ3n) is 4.38. The predicted octanol–water partition coefficient (Wildman–Crippen LogP) is 6.56. The first-order valence-electron chi connectivity index (χ1n) is 10.1. The van der Waals surface area contributed by atoms with E-state index >= 15 is 0 Å². The number of carboxylic acids is 2. The molecule has 0 saturated heterocycles. The highest BCUT2D eigenvalue weighted by atomic mass is 79.9. The molecule has 6 nitrogen and oxygen atoms in total. The number of carboxylic acid groups (broad SMARTS) is 2. The summed E-state index contributed by atoms with van der Waals surface area (Å²) in [5.74, 6) is -1.79. The zero-order valence-electron chi connectivity index (χ0n) is 18.0. The highest BCUT2D eigenvalue weighted by Crippen LogP contribution is 2.10. The molecule has 0 aliphatic heterocycles. The molecular weight excluding hydrogens is 564 g/mol. The zero-order chi connectivity index (χ0) is 24.8. The van der Waals surface area contributed by atoms with Crippen LogP contribution in [-0.2, 0) is 12.8 Å². The summed E-state index contributed by atoms with van der Waals surface area (Å²) >= 11 is 6.40. The number of benzene rings is 2. The number of aromatic carboxylic acids is 2. The molecule has 34 heavy (non-hydrogen) atoms. The maximum atomic E-state index is 10.3. The van der Waals surface area contributed by atoms with Crippen molar-refractivity contribution in [3.8, 4) is 0 Å². The Labute approximate surface area is 214 Å². The molecule has 2 aromatic heterocycles. The maximum absolute atomic E-state index is 10.3. The van der Waals surface area contributed by atoms with Gasteiger partial charge in [0.15, 0.2) is 0 Å². The van der Waals surface area contributed by atoms with Crippen molar-refractivity contribution in [1.82, 2.24) is 9.97 Å². The topological polar surface area (TPSA) is 100 Å². The van der Waals surface area contributed by atoms with Crippen molar-refractivity contribution >= 4 is 43.8 Å². The number of aryl methyl sites for hydroxylation is 2. The summed E-state index contributed by atoms with van der Waals surface area (Å²) in [6, 6.07) is 21.2. The number of hydrogen-bond donors (Lipinski definition) is 2. The van der Waals surface area contributed by atoms with Crippen LogP contribution in [0.5, 0.6) is 0 Å². The van der Waals surface area contributed by atoms with E-state index in [0.29, 0.717) is 11.1 Å². The largest absolute Gasteiger partial charge is 0.478 e. The summed E-state index contributed by atoms with van der Waals surface area (Å²) in [4.78, 5) is 28.6. The Morgan fingerprint density at radius 1 is 0.559 bits per heavy atom. The number of carbonyl (C=O) groups is 2. The van der Waals surface area contributed by atoms with Crippen LogP contribution in [-0.4, -0.2) is 32.1 Å². The molecule has 0 aliphatic carbocycles. The van der Waals surface area contributed by atoms with Crippen molar-refractivity contribution in [3.63, 3.8) is 0 Å². The number of halogens is 2. The van der Waals surface area contributed by atoms with Gasteiger partial charge in [-0.3, -0.25) is 9.97 Å². The average Bonchev–Trinajstić information content (AvgIpc) is 2.85. The van der Waals surface area contributed by atoms with E-state index in [4.69, 9.17) is 10.2 Å². The number of hydrogen-bond acceptors (Lipinski definition) is 4. The van der Waals surface area contributed by atoms with Crippen LogP contribution in [0.4, 0.5) is 0 Å². The first-order chi connectivity index (χ1) is 16.3. The molecule has 4 aromatic rings. The highest BCUT2D eigenvalue weighted by molar-refractivity contribution is 9.10.